The molecular weight excluding hydrogens is 300 g/mol. The molecule has 1 N–H and O–H groups in total. The Hall–Kier alpha value is -2.20. The van der Waals surface area contributed by atoms with E-state index in [-0.39, 0.29) is 0 Å². The number of carboxylic acids is 1. The molecule has 1 aliphatic heterocycles. The largest absolute Gasteiger partial charge is 0.478 e. The van der Waals surface area contributed by atoms with Crippen molar-refractivity contribution < 1.29 is 9.90 Å². The fourth-order valence-corrected chi connectivity index (χ4v) is 3.36. The highest BCUT2D eigenvalue weighted by Gasteiger charge is 2.21. The number of hydrogen-bond acceptors (Lipinski definition) is 3. The van der Waals surface area contributed by atoms with Crippen molar-refractivity contribution >= 4 is 5.97 Å². The lowest BCUT2D eigenvalue weighted by Crippen LogP contribution is -2.34. The summed E-state index contributed by atoms with van der Waals surface area (Å²) in [7, 11) is 0. The van der Waals surface area contributed by atoms with Crippen molar-refractivity contribution in [2.45, 2.75) is 38.6 Å². The highest BCUT2D eigenvalue weighted by atomic mass is 16.4. The predicted octanol–water partition coefficient (Wildman–Crippen LogP) is 3.72. The van der Waals surface area contributed by atoms with Crippen LogP contribution in [0.4, 0.5) is 0 Å². The summed E-state index contributed by atoms with van der Waals surface area (Å²) >= 11 is 0. The third-order valence-corrected chi connectivity index (χ3v) is 4.81. The van der Waals surface area contributed by atoms with Gasteiger partial charge in [0.05, 0.1) is 11.3 Å². The van der Waals surface area contributed by atoms with Crippen LogP contribution in [0.25, 0.3) is 0 Å². The molecule has 24 heavy (non-hydrogen) atoms. The number of aromatic carboxylic acids is 1. The van der Waals surface area contributed by atoms with E-state index in [9.17, 15) is 4.79 Å². The molecule has 1 fully saturated rings. The molecule has 0 amide bonds. The van der Waals surface area contributed by atoms with Crippen LogP contribution in [0, 0.1) is 0 Å². The molecule has 1 aromatic heterocycles. The Bertz CT molecular complexity index is 680. The minimum absolute atomic E-state index is 0.353. The number of nitrogens with zero attached hydrogens (tertiary/aromatic N) is 2. The van der Waals surface area contributed by atoms with Gasteiger partial charge in [0.15, 0.2) is 0 Å². The standard InChI is InChI=1S/C20H24N2O2/c1-2-15-5-10-19(21-12-15)14-22-11-3-4-18(13-22)16-6-8-17(9-7-16)20(23)24/h5-10,12,18H,2-4,11,13-14H2,1H3,(H,23,24)/t18-/m1/s1. The lowest BCUT2D eigenvalue weighted by atomic mass is 9.90. The average molecular weight is 324 g/mol. The number of aryl methyl sites for hydroxylation is 1. The number of hydrogen-bond donors (Lipinski definition) is 1. The van der Waals surface area contributed by atoms with Crippen LogP contribution < -0.4 is 0 Å². The highest BCUT2D eigenvalue weighted by Crippen LogP contribution is 2.27. The molecule has 1 aliphatic rings. The quantitative estimate of drug-likeness (QED) is 0.910. The number of benzene rings is 1. The van der Waals surface area contributed by atoms with Crippen LogP contribution in [0.15, 0.2) is 42.6 Å². The average Bonchev–Trinajstić information content (AvgIpc) is 2.63. The lowest BCUT2D eigenvalue weighted by Gasteiger charge is -2.32. The van der Waals surface area contributed by atoms with Gasteiger partial charge < -0.3 is 5.11 Å². The molecule has 126 valence electrons. The van der Waals surface area contributed by atoms with Crippen molar-refractivity contribution in [2.75, 3.05) is 13.1 Å². The van der Waals surface area contributed by atoms with Gasteiger partial charge in [0.1, 0.15) is 0 Å². The van der Waals surface area contributed by atoms with E-state index >= 15 is 0 Å². The number of carbonyl (C=O) groups is 1. The summed E-state index contributed by atoms with van der Waals surface area (Å²) in [6, 6.07) is 11.6. The number of piperidine rings is 1. The summed E-state index contributed by atoms with van der Waals surface area (Å²) < 4.78 is 0. The van der Waals surface area contributed by atoms with E-state index in [2.05, 4.69) is 28.9 Å². The van der Waals surface area contributed by atoms with Gasteiger partial charge in [-0.15, -0.1) is 0 Å². The van der Waals surface area contributed by atoms with Gasteiger partial charge in [-0.2, -0.15) is 0 Å². The van der Waals surface area contributed by atoms with E-state index < -0.39 is 5.97 Å². The van der Waals surface area contributed by atoms with Crippen molar-refractivity contribution in [3.05, 3.63) is 65.0 Å². The Kier molecular flexibility index (Phi) is 5.26. The molecule has 3 rings (SSSR count). The van der Waals surface area contributed by atoms with Gasteiger partial charge >= 0.3 is 5.97 Å². The predicted molar refractivity (Wildman–Crippen MR) is 94.3 cm³/mol. The smallest absolute Gasteiger partial charge is 0.335 e. The Morgan fingerprint density at radius 3 is 2.67 bits per heavy atom. The van der Waals surface area contributed by atoms with Crippen molar-refractivity contribution in [1.82, 2.24) is 9.88 Å². The molecule has 1 aromatic carbocycles. The summed E-state index contributed by atoms with van der Waals surface area (Å²) in [5.74, 6) is -0.398. The topological polar surface area (TPSA) is 53.4 Å². The Labute approximate surface area is 143 Å². The van der Waals surface area contributed by atoms with Gasteiger partial charge in [0.2, 0.25) is 0 Å². The maximum Gasteiger partial charge on any atom is 0.335 e. The molecule has 2 heterocycles. The molecule has 4 nitrogen and oxygen atoms in total. The summed E-state index contributed by atoms with van der Waals surface area (Å²) in [6.07, 6.45) is 5.32. The fraction of sp³-hybridized carbons (Fsp3) is 0.400. The number of pyridine rings is 1. The van der Waals surface area contributed by atoms with Gasteiger partial charge in [-0.25, -0.2) is 4.79 Å². The molecule has 0 aliphatic carbocycles. The molecule has 0 radical (unpaired) electrons. The Balaban J connectivity index is 1.64. The molecule has 2 aromatic rings. The second-order valence-corrected chi connectivity index (χ2v) is 6.51. The van der Waals surface area contributed by atoms with Crippen LogP contribution in [-0.4, -0.2) is 34.0 Å². The summed E-state index contributed by atoms with van der Waals surface area (Å²) in [4.78, 5) is 18.0. The molecular formula is C20H24N2O2. The van der Waals surface area contributed by atoms with E-state index in [1.54, 1.807) is 12.1 Å². The second kappa shape index (κ2) is 7.58. The van der Waals surface area contributed by atoms with Gasteiger partial charge in [-0.05, 0) is 61.1 Å². The normalized spacial score (nSPS) is 18.5. The van der Waals surface area contributed by atoms with E-state index in [4.69, 9.17) is 5.11 Å². The highest BCUT2D eigenvalue weighted by molar-refractivity contribution is 5.87. The van der Waals surface area contributed by atoms with Gasteiger partial charge in [-0.1, -0.05) is 25.1 Å². The zero-order valence-corrected chi connectivity index (χ0v) is 14.1. The minimum atomic E-state index is -0.867. The van der Waals surface area contributed by atoms with Crippen LogP contribution >= 0.6 is 0 Å². The molecule has 1 atom stereocenters. The molecule has 1 saturated heterocycles. The van der Waals surface area contributed by atoms with E-state index in [0.29, 0.717) is 11.5 Å². The summed E-state index contributed by atoms with van der Waals surface area (Å²) in [5.41, 5.74) is 3.98. The monoisotopic (exact) mass is 324 g/mol. The van der Waals surface area contributed by atoms with Crippen molar-refractivity contribution in [2.24, 2.45) is 0 Å². The number of likely N-dealkylation sites (tertiary alicyclic amines) is 1. The maximum atomic E-state index is 11.0. The van der Waals surface area contributed by atoms with Crippen LogP contribution in [0.1, 0.15) is 52.9 Å². The fourth-order valence-electron chi connectivity index (χ4n) is 3.36. The molecule has 0 saturated carbocycles. The van der Waals surface area contributed by atoms with Crippen LogP contribution in [0.5, 0.6) is 0 Å². The molecule has 0 spiro atoms. The number of aromatic nitrogens is 1. The minimum Gasteiger partial charge on any atom is -0.478 e. The van der Waals surface area contributed by atoms with Gasteiger partial charge in [-0.3, -0.25) is 9.88 Å². The van der Waals surface area contributed by atoms with Crippen molar-refractivity contribution in [3.8, 4) is 0 Å². The maximum absolute atomic E-state index is 11.0. The number of rotatable bonds is 5. The van der Waals surface area contributed by atoms with Crippen molar-refractivity contribution in [1.29, 1.82) is 0 Å². The van der Waals surface area contributed by atoms with Gasteiger partial charge in [0.25, 0.3) is 0 Å². The van der Waals surface area contributed by atoms with Crippen LogP contribution in [0.2, 0.25) is 0 Å². The number of carboxylic acid groups (broad SMARTS) is 1. The van der Waals surface area contributed by atoms with Crippen molar-refractivity contribution in [3.63, 3.8) is 0 Å². The zero-order valence-electron chi connectivity index (χ0n) is 14.1. The second-order valence-electron chi connectivity index (χ2n) is 6.51. The Morgan fingerprint density at radius 1 is 1.25 bits per heavy atom. The van der Waals surface area contributed by atoms with E-state index in [1.807, 2.05) is 18.3 Å². The molecule has 0 unspecified atom stereocenters. The molecule has 4 heteroatoms. The summed E-state index contributed by atoms with van der Waals surface area (Å²) in [5, 5.41) is 9.01. The first-order valence-electron chi connectivity index (χ1n) is 8.65. The van der Waals surface area contributed by atoms with Crippen LogP contribution in [0.3, 0.4) is 0 Å². The lowest BCUT2D eigenvalue weighted by molar-refractivity contribution is 0.0697. The van der Waals surface area contributed by atoms with Gasteiger partial charge in [0, 0.05) is 19.3 Å². The first-order valence-corrected chi connectivity index (χ1v) is 8.65. The SMILES string of the molecule is CCc1ccc(CN2CCC[C@@H](c3ccc(C(=O)O)cc3)C2)nc1. The van der Waals surface area contributed by atoms with E-state index in [0.717, 1.165) is 38.2 Å². The zero-order chi connectivity index (χ0) is 16.9. The third-order valence-electron chi connectivity index (χ3n) is 4.81. The van der Waals surface area contributed by atoms with E-state index in [1.165, 1.54) is 17.5 Å². The molecule has 0 bridgehead atoms. The first kappa shape index (κ1) is 16.7. The first-order chi connectivity index (χ1) is 11.7. The van der Waals surface area contributed by atoms with Crippen LogP contribution in [-0.2, 0) is 13.0 Å². The third kappa shape index (κ3) is 4.01. The Morgan fingerprint density at radius 2 is 2.04 bits per heavy atom. The summed E-state index contributed by atoms with van der Waals surface area (Å²) in [6.45, 7) is 5.12.